The second kappa shape index (κ2) is 3.63. The molecule has 1 heterocycles. The molecule has 12 heavy (non-hydrogen) atoms. The summed E-state index contributed by atoms with van der Waals surface area (Å²) < 4.78 is 30.5. The van der Waals surface area contributed by atoms with Crippen LogP contribution in [-0.2, 0) is 16.5 Å². The Kier molecular flexibility index (Phi) is 2.77. The van der Waals surface area contributed by atoms with Crippen LogP contribution in [0.5, 0.6) is 0 Å². The summed E-state index contributed by atoms with van der Waals surface area (Å²) in [4.78, 5) is 3.77. The van der Waals surface area contributed by atoms with E-state index < -0.39 is 10.1 Å². The van der Waals surface area contributed by atoms with Crippen molar-refractivity contribution in [1.82, 2.24) is 15.2 Å². The van der Waals surface area contributed by atoms with E-state index in [4.69, 9.17) is 0 Å². The third-order valence-corrected chi connectivity index (χ3v) is 2.06. The number of aromatic amines is 1. The average molecular weight is 190 g/mol. The molecule has 0 saturated heterocycles. The maximum Gasteiger partial charge on any atom is 0.137 e. The van der Waals surface area contributed by atoms with Gasteiger partial charge in [0.05, 0.1) is 10.1 Å². The van der Waals surface area contributed by atoms with Gasteiger partial charge < -0.3 is 4.55 Å². The first-order valence-corrected chi connectivity index (χ1v) is 4.93. The van der Waals surface area contributed by atoms with Gasteiger partial charge in [0.25, 0.3) is 0 Å². The van der Waals surface area contributed by atoms with Crippen molar-refractivity contribution in [3.8, 4) is 0 Å². The van der Waals surface area contributed by atoms with Gasteiger partial charge in [-0.2, -0.15) is 5.10 Å². The van der Waals surface area contributed by atoms with E-state index in [-0.39, 0.29) is 12.2 Å². The van der Waals surface area contributed by atoms with E-state index in [1.54, 1.807) is 0 Å². The largest absolute Gasteiger partial charge is 0.748 e. The summed E-state index contributed by atoms with van der Waals surface area (Å²) in [7, 11) is -4.09. The number of hydrogen-bond donors (Lipinski definition) is 1. The maximum atomic E-state index is 10.2. The van der Waals surface area contributed by atoms with Crippen molar-refractivity contribution >= 4 is 10.1 Å². The Balaban J connectivity index is 2.29. The molecule has 0 atom stereocenters. The molecule has 0 amide bonds. The number of nitrogens with one attached hydrogen (secondary N) is 1. The highest BCUT2D eigenvalue weighted by Gasteiger charge is 1.98. The minimum Gasteiger partial charge on any atom is -0.748 e. The quantitative estimate of drug-likeness (QED) is 0.632. The summed E-state index contributed by atoms with van der Waals surface area (Å²) in [5.41, 5.74) is 0. The molecule has 0 aromatic carbocycles. The summed E-state index contributed by atoms with van der Waals surface area (Å²) in [5.74, 6) is 0.243. The van der Waals surface area contributed by atoms with E-state index in [1.165, 1.54) is 6.33 Å². The number of aromatic nitrogens is 3. The second-order valence-corrected chi connectivity index (χ2v) is 3.82. The summed E-state index contributed by atoms with van der Waals surface area (Å²) in [5, 5.41) is 6.14. The average Bonchev–Trinajstić information content (AvgIpc) is 2.36. The van der Waals surface area contributed by atoms with Crippen molar-refractivity contribution in [2.24, 2.45) is 0 Å². The van der Waals surface area contributed by atoms with Gasteiger partial charge in [-0.1, -0.05) is 0 Å². The SMILES string of the molecule is O=S(=O)([O-])CCCc1ncn[nH]1. The molecule has 7 heteroatoms. The second-order valence-electron chi connectivity index (χ2n) is 2.30. The van der Waals surface area contributed by atoms with Gasteiger partial charge in [-0.3, -0.25) is 5.10 Å². The highest BCUT2D eigenvalue weighted by atomic mass is 32.2. The van der Waals surface area contributed by atoms with E-state index in [1.807, 2.05) is 0 Å². The molecular weight excluding hydrogens is 182 g/mol. The van der Waals surface area contributed by atoms with Gasteiger partial charge in [-0.15, -0.1) is 0 Å². The minimum absolute atomic E-state index is 0.279. The molecule has 6 nitrogen and oxygen atoms in total. The topological polar surface area (TPSA) is 98.8 Å². The van der Waals surface area contributed by atoms with Gasteiger partial charge in [0.15, 0.2) is 0 Å². The first-order valence-electron chi connectivity index (χ1n) is 3.36. The Hall–Kier alpha value is -0.950. The van der Waals surface area contributed by atoms with E-state index in [2.05, 4.69) is 15.2 Å². The van der Waals surface area contributed by atoms with Crippen molar-refractivity contribution in [3.63, 3.8) is 0 Å². The lowest BCUT2D eigenvalue weighted by Crippen LogP contribution is -2.05. The number of aryl methyl sites for hydroxylation is 1. The molecule has 1 rings (SSSR count). The van der Waals surface area contributed by atoms with Crippen LogP contribution < -0.4 is 0 Å². The molecule has 0 saturated carbocycles. The first kappa shape index (κ1) is 9.14. The Labute approximate surface area is 69.8 Å². The lowest BCUT2D eigenvalue weighted by Gasteiger charge is -2.03. The smallest absolute Gasteiger partial charge is 0.137 e. The molecule has 0 unspecified atom stereocenters. The normalized spacial score (nSPS) is 11.8. The lowest BCUT2D eigenvalue weighted by atomic mass is 10.3. The van der Waals surface area contributed by atoms with Crippen LogP contribution in [0.2, 0.25) is 0 Å². The summed E-state index contributed by atoms with van der Waals surface area (Å²) in [6.07, 6.45) is 2.05. The molecule has 0 aliphatic rings. The summed E-state index contributed by atoms with van der Waals surface area (Å²) in [6, 6.07) is 0. The fourth-order valence-electron chi connectivity index (χ4n) is 0.768. The van der Waals surface area contributed by atoms with Crippen LogP contribution in [0.3, 0.4) is 0 Å². The molecule has 0 bridgehead atoms. The van der Waals surface area contributed by atoms with Crippen LogP contribution in [0.1, 0.15) is 12.2 Å². The van der Waals surface area contributed by atoms with Crippen LogP contribution in [0.4, 0.5) is 0 Å². The predicted molar refractivity (Wildman–Crippen MR) is 39.3 cm³/mol. The molecule has 0 radical (unpaired) electrons. The number of H-pyrrole nitrogens is 1. The lowest BCUT2D eigenvalue weighted by molar-refractivity contribution is 0.461. The molecule has 0 aliphatic carbocycles. The van der Waals surface area contributed by atoms with Crippen molar-refractivity contribution < 1.29 is 13.0 Å². The zero-order valence-corrected chi connectivity index (χ0v) is 7.04. The van der Waals surface area contributed by atoms with Crippen LogP contribution in [-0.4, -0.2) is 33.9 Å². The van der Waals surface area contributed by atoms with Crippen LogP contribution in [0.25, 0.3) is 0 Å². The van der Waals surface area contributed by atoms with Gasteiger partial charge in [0.1, 0.15) is 12.2 Å². The van der Waals surface area contributed by atoms with Crippen LogP contribution in [0, 0.1) is 0 Å². The Bertz CT molecular complexity index is 318. The van der Waals surface area contributed by atoms with Crippen molar-refractivity contribution in [2.75, 3.05) is 5.75 Å². The monoisotopic (exact) mass is 190 g/mol. The highest BCUT2D eigenvalue weighted by molar-refractivity contribution is 7.85. The molecule has 0 spiro atoms. The third kappa shape index (κ3) is 3.44. The Morgan fingerprint density at radius 1 is 1.58 bits per heavy atom. The van der Waals surface area contributed by atoms with Crippen LogP contribution in [0.15, 0.2) is 6.33 Å². The Morgan fingerprint density at radius 3 is 2.83 bits per heavy atom. The third-order valence-electron chi connectivity index (χ3n) is 1.27. The Morgan fingerprint density at radius 2 is 2.33 bits per heavy atom. The summed E-state index contributed by atoms with van der Waals surface area (Å²) in [6.45, 7) is 0. The molecular formula is C5H8N3O3S-. The van der Waals surface area contributed by atoms with Gasteiger partial charge in [-0.25, -0.2) is 13.4 Å². The zero-order chi connectivity index (χ0) is 9.03. The number of nitrogens with zero attached hydrogens (tertiary/aromatic N) is 2. The maximum absolute atomic E-state index is 10.2. The molecule has 1 aromatic rings. The van der Waals surface area contributed by atoms with E-state index in [9.17, 15) is 13.0 Å². The van der Waals surface area contributed by atoms with E-state index >= 15 is 0 Å². The molecule has 1 N–H and O–H groups in total. The zero-order valence-electron chi connectivity index (χ0n) is 6.23. The van der Waals surface area contributed by atoms with Gasteiger partial charge in [-0.05, 0) is 6.42 Å². The molecule has 1 aromatic heterocycles. The van der Waals surface area contributed by atoms with Gasteiger partial charge in [0.2, 0.25) is 0 Å². The molecule has 0 aliphatic heterocycles. The van der Waals surface area contributed by atoms with E-state index in [0.29, 0.717) is 12.2 Å². The highest BCUT2D eigenvalue weighted by Crippen LogP contribution is 1.95. The van der Waals surface area contributed by atoms with Crippen molar-refractivity contribution in [1.29, 1.82) is 0 Å². The van der Waals surface area contributed by atoms with Crippen molar-refractivity contribution in [3.05, 3.63) is 12.2 Å². The fourth-order valence-corrected chi connectivity index (χ4v) is 1.27. The van der Waals surface area contributed by atoms with Crippen molar-refractivity contribution in [2.45, 2.75) is 12.8 Å². The number of hydrogen-bond acceptors (Lipinski definition) is 5. The summed E-state index contributed by atoms with van der Waals surface area (Å²) >= 11 is 0. The molecule has 68 valence electrons. The van der Waals surface area contributed by atoms with Gasteiger partial charge in [0, 0.05) is 12.2 Å². The standard InChI is InChI=1S/C5H9N3O3S/c9-12(10,11)3-1-2-5-6-4-7-8-5/h4H,1-3H2,(H,6,7,8)(H,9,10,11)/p-1. The predicted octanol–water partition coefficient (Wildman–Crippen LogP) is -0.718. The first-order chi connectivity index (χ1) is 5.58. The van der Waals surface area contributed by atoms with E-state index in [0.717, 1.165) is 0 Å². The fraction of sp³-hybridized carbons (Fsp3) is 0.600. The minimum atomic E-state index is -4.09. The molecule has 0 fully saturated rings. The number of rotatable bonds is 4. The van der Waals surface area contributed by atoms with Crippen LogP contribution >= 0.6 is 0 Å². The van der Waals surface area contributed by atoms with Gasteiger partial charge >= 0.3 is 0 Å².